The van der Waals surface area contributed by atoms with Gasteiger partial charge in [-0.05, 0) is 50.5 Å². The van der Waals surface area contributed by atoms with Gasteiger partial charge in [-0.3, -0.25) is 4.79 Å². The maximum Gasteiger partial charge on any atom is 0.293 e. The number of carbonyl (C=O) groups is 1. The molecule has 2 unspecified atom stereocenters. The maximum absolute atomic E-state index is 11.6. The first-order valence-electron chi connectivity index (χ1n) is 10.7. The second-order valence-electron chi connectivity index (χ2n) is 8.49. The molecular weight excluding hydrogens is 396 g/mol. The minimum absolute atomic E-state index is 0.269. The molecule has 4 N–H and O–H groups in total. The van der Waals surface area contributed by atoms with Crippen LogP contribution in [0.5, 0.6) is 11.5 Å². The van der Waals surface area contributed by atoms with Gasteiger partial charge < -0.3 is 30.3 Å². The van der Waals surface area contributed by atoms with Crippen LogP contribution >= 0.6 is 0 Å². The average molecular weight is 429 g/mol. The van der Waals surface area contributed by atoms with Crippen molar-refractivity contribution in [3.05, 3.63) is 53.6 Å². The molecule has 0 aromatic heterocycles. The number of ether oxygens (including phenoxy) is 2. The highest BCUT2D eigenvalue weighted by Gasteiger charge is 2.29. The molecule has 0 saturated carbocycles. The zero-order valence-electron chi connectivity index (χ0n) is 18.4. The smallest absolute Gasteiger partial charge is 0.293 e. The van der Waals surface area contributed by atoms with Crippen LogP contribution in [-0.4, -0.2) is 41.1 Å². The van der Waals surface area contributed by atoms with E-state index in [1.54, 1.807) is 18.2 Å². The number of carbonyl (C=O) groups excluding carboxylic acids is 1. The van der Waals surface area contributed by atoms with Crippen LogP contribution in [-0.2, 0) is 11.2 Å². The zero-order chi connectivity index (χ0) is 22.4. The quantitative estimate of drug-likeness (QED) is 0.434. The van der Waals surface area contributed by atoms with Crippen molar-refractivity contribution in [1.29, 1.82) is 0 Å². The van der Waals surface area contributed by atoms with Crippen LogP contribution in [0.1, 0.15) is 50.8 Å². The molecule has 0 spiro atoms. The van der Waals surface area contributed by atoms with E-state index >= 15 is 0 Å². The number of para-hydroxylation sites is 1. The lowest BCUT2D eigenvalue weighted by Crippen LogP contribution is -2.43. The Labute approximate surface area is 183 Å². The Bertz CT molecular complexity index is 882. The Morgan fingerprint density at radius 3 is 2.68 bits per heavy atom. The molecule has 7 nitrogen and oxygen atoms in total. The Kier molecular flexibility index (Phi) is 7.54. The first-order valence-corrected chi connectivity index (χ1v) is 10.7. The van der Waals surface area contributed by atoms with Crippen molar-refractivity contribution in [3.8, 4) is 11.5 Å². The van der Waals surface area contributed by atoms with E-state index in [9.17, 15) is 15.0 Å². The highest BCUT2D eigenvalue weighted by molar-refractivity contribution is 5.97. The summed E-state index contributed by atoms with van der Waals surface area (Å²) in [6.45, 7) is 7.31. The van der Waals surface area contributed by atoms with Crippen molar-refractivity contribution in [3.63, 3.8) is 0 Å². The molecule has 0 saturated heterocycles. The van der Waals surface area contributed by atoms with Crippen LogP contribution in [0.4, 0.5) is 5.69 Å². The molecule has 0 fully saturated rings. The van der Waals surface area contributed by atoms with Crippen molar-refractivity contribution < 1.29 is 24.5 Å². The molecular formula is C24H32N2O5. The minimum atomic E-state index is -1.58. The van der Waals surface area contributed by atoms with E-state index in [1.165, 1.54) is 5.56 Å². The third-order valence-electron chi connectivity index (χ3n) is 5.23. The van der Waals surface area contributed by atoms with E-state index in [-0.39, 0.29) is 12.1 Å². The van der Waals surface area contributed by atoms with Crippen molar-refractivity contribution in [2.45, 2.75) is 58.0 Å². The van der Waals surface area contributed by atoms with Gasteiger partial charge in [0.15, 0.2) is 5.75 Å². The van der Waals surface area contributed by atoms with Crippen LogP contribution in [0.25, 0.3) is 0 Å². The Morgan fingerprint density at radius 2 is 1.97 bits per heavy atom. The SMILES string of the molecule is CCCCOc1ccc(CC(C)(C)NCC(O)c2cccc3c2OC(O)C(=O)N3)cc1. The van der Waals surface area contributed by atoms with Crippen LogP contribution in [0.2, 0.25) is 0 Å². The topological polar surface area (TPSA) is 100 Å². The summed E-state index contributed by atoms with van der Waals surface area (Å²) in [6.07, 6.45) is 0.469. The number of hydrogen-bond acceptors (Lipinski definition) is 6. The van der Waals surface area contributed by atoms with Gasteiger partial charge in [0.2, 0.25) is 0 Å². The van der Waals surface area contributed by atoms with Crippen molar-refractivity contribution in [2.24, 2.45) is 0 Å². The number of benzene rings is 2. The lowest BCUT2D eigenvalue weighted by Gasteiger charge is -2.30. The number of rotatable bonds is 10. The average Bonchev–Trinajstić information content (AvgIpc) is 2.74. The van der Waals surface area contributed by atoms with Crippen molar-refractivity contribution >= 4 is 11.6 Å². The lowest BCUT2D eigenvalue weighted by atomic mass is 9.94. The van der Waals surface area contributed by atoms with E-state index in [0.29, 0.717) is 17.0 Å². The lowest BCUT2D eigenvalue weighted by molar-refractivity contribution is -0.139. The predicted octanol–water partition coefficient (Wildman–Crippen LogP) is 3.16. The van der Waals surface area contributed by atoms with E-state index in [2.05, 4.69) is 43.5 Å². The number of aliphatic hydroxyl groups excluding tert-OH is 2. The zero-order valence-corrected chi connectivity index (χ0v) is 18.4. The number of anilines is 1. The molecule has 168 valence electrons. The van der Waals surface area contributed by atoms with Gasteiger partial charge in [-0.25, -0.2) is 0 Å². The Balaban J connectivity index is 1.58. The fourth-order valence-electron chi connectivity index (χ4n) is 3.50. The number of unbranched alkanes of at least 4 members (excludes halogenated alkanes) is 1. The summed E-state index contributed by atoms with van der Waals surface area (Å²) < 4.78 is 11.0. The second-order valence-corrected chi connectivity index (χ2v) is 8.49. The molecule has 1 aliphatic heterocycles. The van der Waals surface area contributed by atoms with Gasteiger partial charge >= 0.3 is 0 Å². The molecule has 0 aliphatic carbocycles. The van der Waals surface area contributed by atoms with Gasteiger partial charge in [-0.15, -0.1) is 0 Å². The number of amides is 1. The molecule has 0 radical (unpaired) electrons. The molecule has 1 heterocycles. The monoisotopic (exact) mass is 428 g/mol. The number of fused-ring (bicyclic) bond motifs is 1. The molecule has 3 rings (SSSR count). The first-order chi connectivity index (χ1) is 14.8. The van der Waals surface area contributed by atoms with E-state index in [1.807, 2.05) is 12.1 Å². The van der Waals surface area contributed by atoms with Crippen LogP contribution in [0.3, 0.4) is 0 Å². The van der Waals surface area contributed by atoms with Crippen LogP contribution < -0.4 is 20.1 Å². The molecule has 2 atom stereocenters. The number of hydrogen-bond donors (Lipinski definition) is 4. The highest BCUT2D eigenvalue weighted by atomic mass is 16.6. The predicted molar refractivity (Wildman–Crippen MR) is 119 cm³/mol. The third-order valence-corrected chi connectivity index (χ3v) is 5.23. The summed E-state index contributed by atoms with van der Waals surface area (Å²) in [6, 6.07) is 13.2. The molecule has 7 heteroatoms. The number of nitrogens with one attached hydrogen (secondary N) is 2. The molecule has 31 heavy (non-hydrogen) atoms. The second kappa shape index (κ2) is 10.1. The summed E-state index contributed by atoms with van der Waals surface area (Å²) in [5.74, 6) is 0.544. The summed E-state index contributed by atoms with van der Waals surface area (Å²) in [4.78, 5) is 11.6. The van der Waals surface area contributed by atoms with E-state index in [0.717, 1.165) is 31.6 Å². The van der Waals surface area contributed by atoms with Gasteiger partial charge in [-0.1, -0.05) is 37.6 Å². The van der Waals surface area contributed by atoms with E-state index < -0.39 is 18.3 Å². The van der Waals surface area contributed by atoms with Gasteiger partial charge in [0.1, 0.15) is 5.75 Å². The molecule has 2 aromatic rings. The van der Waals surface area contributed by atoms with Crippen LogP contribution in [0.15, 0.2) is 42.5 Å². The van der Waals surface area contributed by atoms with Gasteiger partial charge in [-0.2, -0.15) is 0 Å². The third kappa shape index (κ3) is 6.19. The molecule has 1 aliphatic rings. The van der Waals surface area contributed by atoms with E-state index in [4.69, 9.17) is 9.47 Å². The molecule has 2 aromatic carbocycles. The Morgan fingerprint density at radius 1 is 1.23 bits per heavy atom. The standard InChI is InChI=1S/C24H32N2O5/c1-4-5-13-30-17-11-9-16(10-12-17)14-24(2,3)25-15-20(27)18-7-6-8-19-21(18)31-23(29)22(28)26-19/h6-12,20,23,25,27,29H,4-5,13-15H2,1-3H3,(H,26,28). The fourth-order valence-corrected chi connectivity index (χ4v) is 3.50. The summed E-state index contributed by atoms with van der Waals surface area (Å²) in [5, 5.41) is 26.4. The van der Waals surface area contributed by atoms with Gasteiger partial charge in [0.05, 0.1) is 18.4 Å². The fraction of sp³-hybridized carbons (Fsp3) is 0.458. The Hall–Kier alpha value is -2.61. The van der Waals surface area contributed by atoms with Gasteiger partial charge in [0, 0.05) is 17.6 Å². The largest absolute Gasteiger partial charge is 0.494 e. The maximum atomic E-state index is 11.6. The molecule has 1 amide bonds. The summed E-state index contributed by atoms with van der Waals surface area (Å²) in [5.41, 5.74) is 1.84. The summed E-state index contributed by atoms with van der Waals surface area (Å²) in [7, 11) is 0. The summed E-state index contributed by atoms with van der Waals surface area (Å²) >= 11 is 0. The normalized spacial score (nSPS) is 16.8. The van der Waals surface area contributed by atoms with Crippen molar-refractivity contribution in [2.75, 3.05) is 18.5 Å². The highest BCUT2D eigenvalue weighted by Crippen LogP contribution is 2.36. The minimum Gasteiger partial charge on any atom is -0.494 e. The number of aliphatic hydroxyl groups is 2. The van der Waals surface area contributed by atoms with Crippen LogP contribution in [0, 0.1) is 0 Å². The van der Waals surface area contributed by atoms with Crippen molar-refractivity contribution in [1.82, 2.24) is 5.32 Å². The first kappa shape index (κ1) is 23.1. The molecule has 0 bridgehead atoms. The van der Waals surface area contributed by atoms with Gasteiger partial charge in [0.25, 0.3) is 12.2 Å². The number of β-amino-alcohol motifs (C(OH)–C–C–N with tert-alkyl or cyclic N) is 1.